The van der Waals surface area contributed by atoms with Gasteiger partial charge in [-0.25, -0.2) is 0 Å². The van der Waals surface area contributed by atoms with Crippen LogP contribution >= 0.6 is 7.92 Å². The van der Waals surface area contributed by atoms with Gasteiger partial charge < -0.3 is 0 Å². The molecule has 0 N–H and O–H groups in total. The molecule has 0 rings (SSSR count). The molecule has 0 amide bonds. The van der Waals surface area contributed by atoms with Gasteiger partial charge in [-0.2, -0.15) is 0 Å². The zero-order valence-corrected chi connectivity index (χ0v) is 21.5. The number of hydrogen-bond acceptors (Lipinski definition) is 0. The van der Waals surface area contributed by atoms with Gasteiger partial charge in [-0.3, -0.25) is 0 Å². The van der Waals surface area contributed by atoms with Crippen LogP contribution in [0.1, 0.15) is 19.3 Å². The standard InChI is InChI=1S/C15H39As3P/c1-16(2)10-7-13-19(14-8-11-17(3)4)15-9-12-18(5)6/h16-18H,7-15H2,1-6H3. The van der Waals surface area contributed by atoms with E-state index in [2.05, 4.69) is 34.3 Å². The quantitative estimate of drug-likeness (QED) is 0.272. The molecule has 0 saturated heterocycles. The maximum absolute atomic E-state index is 2.54. The molecule has 0 spiro atoms. The molecule has 19 heavy (non-hydrogen) atoms. The molecule has 119 valence electrons. The van der Waals surface area contributed by atoms with Gasteiger partial charge in [0.25, 0.3) is 0 Å². The van der Waals surface area contributed by atoms with Gasteiger partial charge in [0.1, 0.15) is 0 Å². The molecule has 4 heteroatoms. The van der Waals surface area contributed by atoms with Crippen LogP contribution in [0.5, 0.6) is 0 Å². The third-order valence-electron chi connectivity index (χ3n) is 3.45. The van der Waals surface area contributed by atoms with Crippen molar-refractivity contribution in [1.82, 2.24) is 0 Å². The van der Waals surface area contributed by atoms with Crippen molar-refractivity contribution >= 4 is 51.9 Å². The van der Waals surface area contributed by atoms with E-state index in [9.17, 15) is 0 Å². The molecule has 0 atom stereocenters. The van der Waals surface area contributed by atoms with E-state index in [1.54, 1.807) is 53.4 Å². The summed E-state index contributed by atoms with van der Waals surface area (Å²) in [6.07, 6.45) is 9.61. The summed E-state index contributed by atoms with van der Waals surface area (Å²) in [7, 11) is 0.427. The fourth-order valence-corrected chi connectivity index (χ4v) is 12.2. The third-order valence-corrected chi connectivity index (χ3v) is 14.8. The van der Waals surface area contributed by atoms with Crippen molar-refractivity contribution in [2.75, 3.05) is 18.5 Å². The second kappa shape index (κ2) is 13.7. The van der Waals surface area contributed by atoms with E-state index in [4.69, 9.17) is 0 Å². The van der Waals surface area contributed by atoms with Crippen LogP contribution < -0.4 is 0 Å². The van der Waals surface area contributed by atoms with Crippen molar-refractivity contribution in [2.45, 2.75) is 69.2 Å². The Hall–Kier alpha value is 2.11. The SMILES string of the molecule is C[AsH](C)CCCP(CCC[AsH](C)C)CCC[AsH](C)C. The molecular formula is C15H39As3P. The van der Waals surface area contributed by atoms with Gasteiger partial charge in [0.05, 0.1) is 0 Å². The maximum atomic E-state index is 2.54. The Bertz CT molecular complexity index is 163. The van der Waals surface area contributed by atoms with Crippen LogP contribution in [0.25, 0.3) is 0 Å². The molecule has 0 aliphatic rings. The Morgan fingerprint density at radius 3 is 1.00 bits per heavy atom. The molecule has 0 saturated carbocycles. The van der Waals surface area contributed by atoms with Gasteiger partial charge in [0.2, 0.25) is 0 Å². The monoisotopic (exact) mass is 475 g/mol. The van der Waals surface area contributed by atoms with E-state index >= 15 is 0 Å². The molecule has 0 bridgehead atoms. The van der Waals surface area contributed by atoms with Crippen LogP contribution in [0.4, 0.5) is 0 Å². The van der Waals surface area contributed by atoms with Crippen LogP contribution in [0.2, 0.25) is 49.9 Å². The molecule has 0 aromatic heterocycles. The van der Waals surface area contributed by atoms with Crippen molar-refractivity contribution in [3.8, 4) is 0 Å². The molecule has 3 radical (unpaired) electrons. The fourth-order valence-electron chi connectivity index (χ4n) is 2.30. The van der Waals surface area contributed by atoms with E-state index in [0.717, 1.165) is 0 Å². The van der Waals surface area contributed by atoms with Crippen LogP contribution in [-0.2, 0) is 0 Å². The summed E-state index contributed by atoms with van der Waals surface area (Å²) < 4.78 is 0. The predicted molar refractivity (Wildman–Crippen MR) is 106 cm³/mol. The first-order valence-electron chi connectivity index (χ1n) is 8.01. The zero-order valence-electron chi connectivity index (χ0n) is 14.3. The summed E-state index contributed by atoms with van der Waals surface area (Å²) in [5, 5.41) is 4.88. The van der Waals surface area contributed by atoms with E-state index in [1.165, 1.54) is 0 Å². The summed E-state index contributed by atoms with van der Waals surface area (Å²) in [6.45, 7) is 0. The van der Waals surface area contributed by atoms with Gasteiger partial charge >= 0.3 is 140 Å². The van der Waals surface area contributed by atoms with Crippen LogP contribution in [0, 0.1) is 0 Å². The molecule has 0 nitrogen and oxygen atoms in total. The summed E-state index contributed by atoms with van der Waals surface area (Å²) in [6, 6.07) is 0. The molecule has 0 aromatic rings. The molecular weight excluding hydrogens is 436 g/mol. The second-order valence-corrected chi connectivity index (χ2v) is 27.8. The third kappa shape index (κ3) is 16.3. The first kappa shape index (κ1) is 21.1. The topological polar surface area (TPSA) is 0 Å². The zero-order chi connectivity index (χ0) is 14.7. The molecule has 0 aliphatic carbocycles. The Balaban J connectivity index is 3.85. The van der Waals surface area contributed by atoms with Gasteiger partial charge in [0.15, 0.2) is 0 Å². The first-order valence-corrected chi connectivity index (χ1v) is 26.9. The predicted octanol–water partition coefficient (Wildman–Crippen LogP) is 5.10. The first-order chi connectivity index (χ1) is 8.91. The minimum atomic E-state index is -0.529. The van der Waals surface area contributed by atoms with Crippen molar-refractivity contribution < 1.29 is 0 Å². The Labute approximate surface area is 138 Å². The van der Waals surface area contributed by atoms with Gasteiger partial charge in [0, 0.05) is 0 Å². The Kier molecular flexibility index (Phi) is 15.3. The van der Waals surface area contributed by atoms with Crippen molar-refractivity contribution in [3.05, 3.63) is 0 Å². The molecule has 0 fully saturated rings. The van der Waals surface area contributed by atoms with E-state index in [0.29, 0.717) is 7.92 Å². The van der Waals surface area contributed by atoms with Gasteiger partial charge in [-0.05, 0) is 0 Å². The Morgan fingerprint density at radius 2 is 0.789 bits per heavy atom. The normalized spacial score (nSPS) is 12.3. The van der Waals surface area contributed by atoms with Crippen LogP contribution in [0.3, 0.4) is 0 Å². The molecule has 0 aromatic carbocycles. The van der Waals surface area contributed by atoms with Crippen LogP contribution in [-0.4, -0.2) is 62.4 Å². The van der Waals surface area contributed by atoms with E-state index < -0.39 is 44.0 Å². The summed E-state index contributed by atoms with van der Waals surface area (Å²) in [5.74, 6) is 0. The van der Waals surface area contributed by atoms with E-state index in [1.807, 2.05) is 0 Å². The second-order valence-electron chi connectivity index (χ2n) is 6.77. The fraction of sp³-hybridized carbons (Fsp3) is 1.00. The summed E-state index contributed by atoms with van der Waals surface area (Å²) in [4.78, 5) is 0. The van der Waals surface area contributed by atoms with E-state index in [-0.39, 0.29) is 0 Å². The van der Waals surface area contributed by atoms with Crippen molar-refractivity contribution in [1.29, 1.82) is 0 Å². The number of rotatable bonds is 12. The van der Waals surface area contributed by atoms with Crippen LogP contribution in [0.15, 0.2) is 0 Å². The van der Waals surface area contributed by atoms with Gasteiger partial charge in [-0.1, -0.05) is 0 Å². The molecule has 0 heterocycles. The Morgan fingerprint density at radius 1 is 0.526 bits per heavy atom. The molecule has 0 unspecified atom stereocenters. The van der Waals surface area contributed by atoms with Crippen molar-refractivity contribution in [3.63, 3.8) is 0 Å². The summed E-state index contributed by atoms with van der Waals surface area (Å²) in [5.41, 5.74) is 15.2. The molecule has 0 aliphatic heterocycles. The summed E-state index contributed by atoms with van der Waals surface area (Å²) >= 11 is -1.59. The average Bonchev–Trinajstić information content (AvgIpc) is 2.26. The minimum absolute atomic E-state index is 0.427. The average molecular weight is 475 g/mol. The van der Waals surface area contributed by atoms with Gasteiger partial charge in [-0.15, -0.1) is 0 Å². The number of hydrogen-bond donors (Lipinski definition) is 0. The van der Waals surface area contributed by atoms with Crippen molar-refractivity contribution in [2.24, 2.45) is 0 Å².